The van der Waals surface area contributed by atoms with E-state index in [1.165, 1.54) is 29.2 Å². The fourth-order valence-electron chi connectivity index (χ4n) is 2.96. The topological polar surface area (TPSA) is 91.5 Å². The Balaban J connectivity index is 1.61. The van der Waals surface area contributed by atoms with Gasteiger partial charge in [-0.2, -0.15) is 0 Å². The minimum absolute atomic E-state index is 0.151. The standard InChI is InChI=1S/C20H18N4O2S2/c1-2-6-13-9-16(25)24-20(21-13)28-11-15-22-18(26)17-14(10-27-19(17)23-15)12-7-4-3-5-8-12/h3-5,7-10H,2,6,11H2,1H3,(H,21,24,25)(H,22,23,26). The molecule has 0 aliphatic carbocycles. The molecule has 6 nitrogen and oxygen atoms in total. The second-order valence-corrected chi connectivity index (χ2v) is 8.11. The molecule has 0 saturated carbocycles. The van der Waals surface area contributed by atoms with Crippen molar-refractivity contribution in [3.63, 3.8) is 0 Å². The van der Waals surface area contributed by atoms with E-state index in [9.17, 15) is 9.59 Å². The highest BCUT2D eigenvalue weighted by molar-refractivity contribution is 7.98. The summed E-state index contributed by atoms with van der Waals surface area (Å²) in [5.74, 6) is 0.981. The van der Waals surface area contributed by atoms with Gasteiger partial charge in [0.05, 0.1) is 11.1 Å². The van der Waals surface area contributed by atoms with Crippen LogP contribution in [-0.2, 0) is 12.2 Å². The third-order valence-electron chi connectivity index (χ3n) is 4.20. The van der Waals surface area contributed by atoms with E-state index in [0.29, 0.717) is 27.0 Å². The van der Waals surface area contributed by atoms with Crippen molar-refractivity contribution in [1.29, 1.82) is 0 Å². The summed E-state index contributed by atoms with van der Waals surface area (Å²) in [5, 5.41) is 3.11. The average molecular weight is 411 g/mol. The Kier molecular flexibility index (Phi) is 5.40. The predicted octanol–water partition coefficient (Wildman–Crippen LogP) is 3.98. The molecule has 0 radical (unpaired) electrons. The van der Waals surface area contributed by atoms with Crippen molar-refractivity contribution in [2.45, 2.75) is 30.7 Å². The van der Waals surface area contributed by atoms with E-state index in [1.54, 1.807) is 0 Å². The fourth-order valence-corrected chi connectivity index (χ4v) is 4.70. The Hall–Kier alpha value is -2.71. The molecule has 4 aromatic rings. The lowest BCUT2D eigenvalue weighted by molar-refractivity contribution is 0.815. The number of fused-ring (bicyclic) bond motifs is 1. The van der Waals surface area contributed by atoms with Crippen LogP contribution in [0.5, 0.6) is 0 Å². The van der Waals surface area contributed by atoms with Gasteiger partial charge in [0.25, 0.3) is 11.1 Å². The number of thiophene rings is 1. The van der Waals surface area contributed by atoms with E-state index in [0.717, 1.165) is 29.7 Å². The largest absolute Gasteiger partial charge is 0.309 e. The molecule has 28 heavy (non-hydrogen) atoms. The van der Waals surface area contributed by atoms with Gasteiger partial charge in [0, 0.05) is 22.7 Å². The van der Waals surface area contributed by atoms with Crippen molar-refractivity contribution >= 4 is 33.3 Å². The second kappa shape index (κ2) is 8.12. The fraction of sp³-hybridized carbons (Fsp3) is 0.200. The Morgan fingerprint density at radius 2 is 1.93 bits per heavy atom. The van der Waals surface area contributed by atoms with Crippen LogP contribution in [0.15, 0.2) is 56.5 Å². The van der Waals surface area contributed by atoms with Crippen molar-refractivity contribution in [2.75, 3.05) is 0 Å². The number of H-pyrrole nitrogens is 2. The minimum Gasteiger partial charge on any atom is -0.309 e. The lowest BCUT2D eigenvalue weighted by Crippen LogP contribution is -2.12. The van der Waals surface area contributed by atoms with Gasteiger partial charge in [-0.25, -0.2) is 9.97 Å². The van der Waals surface area contributed by atoms with Crippen LogP contribution in [0.25, 0.3) is 21.3 Å². The van der Waals surface area contributed by atoms with Gasteiger partial charge in [0.1, 0.15) is 10.7 Å². The first-order valence-electron chi connectivity index (χ1n) is 8.93. The van der Waals surface area contributed by atoms with Crippen LogP contribution in [0.3, 0.4) is 0 Å². The van der Waals surface area contributed by atoms with Gasteiger partial charge in [-0.3, -0.25) is 9.59 Å². The summed E-state index contributed by atoms with van der Waals surface area (Å²) < 4.78 is 0. The number of thioether (sulfide) groups is 1. The number of rotatable bonds is 6. The van der Waals surface area contributed by atoms with Gasteiger partial charge >= 0.3 is 0 Å². The van der Waals surface area contributed by atoms with Crippen LogP contribution in [-0.4, -0.2) is 19.9 Å². The lowest BCUT2D eigenvalue weighted by Gasteiger charge is -2.04. The van der Waals surface area contributed by atoms with E-state index >= 15 is 0 Å². The molecule has 8 heteroatoms. The molecule has 0 aliphatic rings. The number of benzene rings is 1. The lowest BCUT2D eigenvalue weighted by atomic mass is 10.1. The molecule has 4 rings (SSSR count). The summed E-state index contributed by atoms with van der Waals surface area (Å²) >= 11 is 2.81. The van der Waals surface area contributed by atoms with Gasteiger partial charge < -0.3 is 9.97 Å². The van der Waals surface area contributed by atoms with Crippen molar-refractivity contribution in [3.8, 4) is 11.1 Å². The first-order chi connectivity index (χ1) is 13.6. The number of aromatic nitrogens is 4. The van der Waals surface area contributed by atoms with Gasteiger partial charge in [-0.15, -0.1) is 11.3 Å². The third kappa shape index (κ3) is 3.93. The van der Waals surface area contributed by atoms with Crippen molar-refractivity contribution < 1.29 is 0 Å². The first-order valence-corrected chi connectivity index (χ1v) is 10.8. The maximum atomic E-state index is 12.7. The number of hydrogen-bond donors (Lipinski definition) is 2. The van der Waals surface area contributed by atoms with E-state index in [4.69, 9.17) is 0 Å². The van der Waals surface area contributed by atoms with Crippen LogP contribution in [0.2, 0.25) is 0 Å². The zero-order valence-corrected chi connectivity index (χ0v) is 16.8. The Labute approximate surface area is 169 Å². The number of aromatic amines is 2. The molecule has 0 fully saturated rings. The van der Waals surface area contributed by atoms with Gasteiger partial charge in [0.15, 0.2) is 5.16 Å². The van der Waals surface area contributed by atoms with E-state index in [1.807, 2.05) is 42.6 Å². The second-order valence-electron chi connectivity index (χ2n) is 6.29. The van der Waals surface area contributed by atoms with Crippen LogP contribution in [0.1, 0.15) is 24.9 Å². The summed E-state index contributed by atoms with van der Waals surface area (Å²) in [6.07, 6.45) is 1.68. The third-order valence-corrected chi connectivity index (χ3v) is 5.96. The Bertz CT molecular complexity index is 1230. The van der Waals surface area contributed by atoms with Crippen molar-refractivity contribution in [1.82, 2.24) is 19.9 Å². The number of nitrogens with one attached hydrogen (secondary N) is 2. The highest BCUT2D eigenvalue weighted by atomic mass is 32.2. The highest BCUT2D eigenvalue weighted by Crippen LogP contribution is 2.30. The summed E-state index contributed by atoms with van der Waals surface area (Å²) in [5.41, 5.74) is 2.35. The summed E-state index contributed by atoms with van der Waals surface area (Å²) in [6.45, 7) is 2.05. The Morgan fingerprint density at radius 1 is 1.11 bits per heavy atom. The molecule has 1 aromatic carbocycles. The molecule has 142 valence electrons. The maximum absolute atomic E-state index is 12.7. The molecular formula is C20H18N4O2S2. The Morgan fingerprint density at radius 3 is 2.71 bits per heavy atom. The SMILES string of the molecule is CCCc1cc(=O)[nH]c(SCc2nc3scc(-c4ccccc4)c3c(=O)[nH]2)n1. The molecule has 0 aliphatic heterocycles. The molecule has 0 spiro atoms. The normalized spacial score (nSPS) is 11.2. The molecule has 2 N–H and O–H groups in total. The quantitative estimate of drug-likeness (QED) is 0.371. The van der Waals surface area contributed by atoms with Gasteiger partial charge in [-0.05, 0) is 12.0 Å². The molecule has 0 bridgehead atoms. The number of nitrogens with zero attached hydrogens (tertiary/aromatic N) is 2. The molecule has 0 amide bonds. The average Bonchev–Trinajstić information content (AvgIpc) is 3.12. The zero-order valence-electron chi connectivity index (χ0n) is 15.2. The maximum Gasteiger partial charge on any atom is 0.260 e. The van der Waals surface area contributed by atoms with E-state index in [2.05, 4.69) is 19.9 Å². The zero-order chi connectivity index (χ0) is 19.5. The van der Waals surface area contributed by atoms with Gasteiger partial charge in [-0.1, -0.05) is 55.4 Å². The smallest absolute Gasteiger partial charge is 0.260 e. The van der Waals surface area contributed by atoms with Gasteiger partial charge in [0.2, 0.25) is 0 Å². The highest BCUT2D eigenvalue weighted by Gasteiger charge is 2.13. The molecule has 0 saturated heterocycles. The summed E-state index contributed by atoms with van der Waals surface area (Å²) in [6, 6.07) is 11.3. The van der Waals surface area contributed by atoms with E-state index < -0.39 is 0 Å². The first kappa shape index (κ1) is 18.6. The molecule has 0 atom stereocenters. The van der Waals surface area contributed by atoms with E-state index in [-0.39, 0.29) is 11.1 Å². The van der Waals surface area contributed by atoms with Crippen LogP contribution >= 0.6 is 23.1 Å². The van der Waals surface area contributed by atoms with Crippen molar-refractivity contribution in [3.05, 3.63) is 74.0 Å². The number of hydrogen-bond acceptors (Lipinski definition) is 6. The molecule has 3 aromatic heterocycles. The monoisotopic (exact) mass is 410 g/mol. The summed E-state index contributed by atoms with van der Waals surface area (Å²) in [7, 11) is 0. The summed E-state index contributed by atoms with van der Waals surface area (Å²) in [4.78, 5) is 39.8. The predicted molar refractivity (Wildman–Crippen MR) is 114 cm³/mol. The molecule has 0 unspecified atom stereocenters. The minimum atomic E-state index is -0.163. The van der Waals surface area contributed by atoms with Crippen molar-refractivity contribution in [2.24, 2.45) is 0 Å². The van der Waals surface area contributed by atoms with Crippen LogP contribution in [0, 0.1) is 0 Å². The van der Waals surface area contributed by atoms with Crippen LogP contribution < -0.4 is 11.1 Å². The number of aryl methyl sites for hydroxylation is 1. The van der Waals surface area contributed by atoms with Crippen LogP contribution in [0.4, 0.5) is 0 Å². The molecule has 3 heterocycles. The molecular weight excluding hydrogens is 392 g/mol.